The fourth-order valence-electron chi connectivity index (χ4n) is 0.491. The van der Waals surface area contributed by atoms with Crippen molar-refractivity contribution in [2.75, 3.05) is 11.5 Å². The maximum absolute atomic E-state index is 10.7. The Morgan fingerprint density at radius 1 is 0.812 bits per heavy atom. The third-order valence-corrected chi connectivity index (χ3v) is 1.47. The Labute approximate surface area is 149 Å². The molecule has 0 N–H and O–H groups in total. The van der Waals surface area contributed by atoms with Gasteiger partial charge in [-0.25, -0.2) is 4.79 Å². The van der Waals surface area contributed by atoms with Crippen molar-refractivity contribution < 1.29 is 23.9 Å². The van der Waals surface area contributed by atoms with Crippen molar-refractivity contribution in [3.05, 3.63) is 0 Å². The Balaban J connectivity index is -0.000000845. The van der Waals surface area contributed by atoms with Gasteiger partial charge in [0.1, 0.15) is 0 Å². The predicted molar refractivity (Wildman–Crippen MR) is 68.8 cm³/mol. The molecular weight excluding hydrogens is 274 g/mol. The van der Waals surface area contributed by atoms with Gasteiger partial charge in [-0.2, -0.15) is 25.3 Å². The van der Waals surface area contributed by atoms with Gasteiger partial charge in [-0.15, -0.1) is 0 Å². The van der Waals surface area contributed by atoms with Crippen LogP contribution in [0, 0.1) is 0 Å². The molecule has 9 heteroatoms. The number of carbonyl (C=O) groups is 3. The summed E-state index contributed by atoms with van der Waals surface area (Å²) in [6.45, 7) is 0. The molecule has 84 valence electrons. The van der Waals surface area contributed by atoms with Crippen LogP contribution in [0.3, 0.4) is 0 Å². The monoisotopic (exact) mass is 286 g/mol. The van der Waals surface area contributed by atoms with Crippen molar-refractivity contribution in [3.8, 4) is 0 Å². The van der Waals surface area contributed by atoms with Crippen molar-refractivity contribution in [2.45, 2.75) is 12.8 Å². The van der Waals surface area contributed by atoms with Crippen molar-refractivity contribution in [3.63, 3.8) is 0 Å². The molecule has 0 aliphatic rings. The number of hydrogen-bond donors (Lipinski definition) is 2. The second-order valence-electron chi connectivity index (χ2n) is 2.15. The summed E-state index contributed by atoms with van der Waals surface area (Å²) in [7, 11) is 0. The molecule has 0 saturated carbocycles. The van der Waals surface area contributed by atoms with E-state index in [2.05, 4.69) is 34.7 Å². The zero-order valence-corrected chi connectivity index (χ0v) is 9.05. The van der Waals surface area contributed by atoms with Crippen LogP contribution in [0.4, 0.5) is 4.79 Å². The molecule has 0 aromatic rings. The Morgan fingerprint density at radius 2 is 1.12 bits per heavy atom. The first kappa shape index (κ1) is 22.5. The molecule has 0 fully saturated rings. The Kier molecular flexibility index (Phi) is 20.2. The first-order valence-corrected chi connectivity index (χ1v) is 5.03. The first-order valence-electron chi connectivity index (χ1n) is 3.77. The molecule has 0 unspecified atom stereocenters. The summed E-state index contributed by atoms with van der Waals surface area (Å²) >= 11 is 7.51. The van der Waals surface area contributed by atoms with Crippen LogP contribution in [-0.4, -0.2) is 88.7 Å². The maximum atomic E-state index is 10.7. The predicted octanol–water partition coefficient (Wildman–Crippen LogP) is -0.464. The van der Waals surface area contributed by atoms with Gasteiger partial charge in [-0.3, -0.25) is 9.59 Å². The van der Waals surface area contributed by atoms with Gasteiger partial charge in [0.15, 0.2) is 0 Å². The number of ether oxygens (including phenoxy) is 2. The average Bonchev–Trinajstić information content (AvgIpc) is 2.03. The van der Waals surface area contributed by atoms with E-state index in [0.717, 1.165) is 0 Å². The zero-order valence-electron chi connectivity index (χ0n) is 7.26. The van der Waals surface area contributed by atoms with Gasteiger partial charge >= 0.3 is 77.2 Å². The van der Waals surface area contributed by atoms with Crippen LogP contribution in [-0.2, 0) is 19.1 Å². The van der Waals surface area contributed by atoms with E-state index in [0.29, 0.717) is 0 Å². The Hall–Kier alpha value is 1.31. The Morgan fingerprint density at radius 3 is 1.38 bits per heavy atom. The van der Waals surface area contributed by atoms with Crippen LogP contribution in [0.15, 0.2) is 0 Å². The van der Waals surface area contributed by atoms with Crippen LogP contribution < -0.4 is 0 Å². The normalized spacial score (nSPS) is 8.12. The summed E-state index contributed by atoms with van der Waals surface area (Å²) in [5.41, 5.74) is 0. The van der Waals surface area contributed by atoms with Crippen molar-refractivity contribution in [1.29, 1.82) is 0 Å². The van der Waals surface area contributed by atoms with E-state index in [4.69, 9.17) is 0 Å². The number of esters is 2. The zero-order chi connectivity index (χ0) is 11.0. The number of thiol groups is 2. The molecule has 0 amide bonds. The van der Waals surface area contributed by atoms with Crippen LogP contribution in [0.5, 0.6) is 0 Å². The summed E-state index contributed by atoms with van der Waals surface area (Å²) in [5.74, 6) is -1.03. The molecule has 0 aromatic carbocycles. The molecule has 0 aliphatic carbocycles. The standard InChI is InChI=1S/C7H10O5S2.2Na.2H/c8-5(1-3-13)11-7(10)12-6(9)2-4-14;;;;/h13-14H,1-4H2;;;;. The second kappa shape index (κ2) is 14.4. The third kappa shape index (κ3) is 13.4. The number of rotatable bonds is 4. The van der Waals surface area contributed by atoms with Gasteiger partial charge in [-0.05, 0) is 0 Å². The van der Waals surface area contributed by atoms with Crippen LogP contribution in [0.1, 0.15) is 12.8 Å². The molecule has 0 aliphatic heterocycles. The average molecular weight is 286 g/mol. The molecule has 0 bridgehead atoms. The quantitative estimate of drug-likeness (QED) is 0.317. The van der Waals surface area contributed by atoms with E-state index < -0.39 is 18.1 Å². The van der Waals surface area contributed by atoms with E-state index in [1.165, 1.54) is 0 Å². The molecule has 0 saturated heterocycles. The van der Waals surface area contributed by atoms with E-state index >= 15 is 0 Å². The Bertz CT molecular complexity index is 215. The van der Waals surface area contributed by atoms with E-state index in [-0.39, 0.29) is 83.5 Å². The molecule has 0 atom stereocenters. The number of hydrogen-bond acceptors (Lipinski definition) is 7. The first-order chi connectivity index (χ1) is 6.60. The summed E-state index contributed by atoms with van der Waals surface area (Å²) in [4.78, 5) is 32.1. The molecule has 0 heterocycles. The van der Waals surface area contributed by atoms with Crippen LogP contribution >= 0.6 is 25.3 Å². The van der Waals surface area contributed by atoms with Crippen molar-refractivity contribution >= 4 is 102 Å². The molecule has 5 nitrogen and oxygen atoms in total. The molecule has 0 aromatic heterocycles. The summed E-state index contributed by atoms with van der Waals surface area (Å²) in [5, 5.41) is 0. The van der Waals surface area contributed by atoms with Crippen LogP contribution in [0.2, 0.25) is 0 Å². The van der Waals surface area contributed by atoms with Gasteiger partial charge in [0.25, 0.3) is 0 Å². The van der Waals surface area contributed by atoms with Gasteiger partial charge in [0, 0.05) is 11.5 Å². The molecule has 0 spiro atoms. The van der Waals surface area contributed by atoms with Crippen molar-refractivity contribution in [1.82, 2.24) is 0 Å². The molecule has 0 radical (unpaired) electrons. The second-order valence-corrected chi connectivity index (χ2v) is 3.04. The van der Waals surface area contributed by atoms with E-state index in [1.54, 1.807) is 0 Å². The van der Waals surface area contributed by atoms with Crippen LogP contribution in [0.25, 0.3) is 0 Å². The fourth-order valence-corrected chi connectivity index (χ4v) is 0.857. The molecular formula is C7H12Na2O5S2. The molecule has 16 heavy (non-hydrogen) atoms. The SMILES string of the molecule is O=C(CCS)OC(=O)OC(=O)CCS.[NaH].[NaH]. The van der Waals surface area contributed by atoms with Gasteiger partial charge in [0.2, 0.25) is 0 Å². The van der Waals surface area contributed by atoms with E-state index in [9.17, 15) is 14.4 Å². The summed E-state index contributed by atoms with van der Waals surface area (Å²) < 4.78 is 8.23. The third-order valence-electron chi connectivity index (χ3n) is 1.03. The summed E-state index contributed by atoms with van der Waals surface area (Å²) in [6.07, 6.45) is -1.33. The minimum absolute atomic E-state index is 0. The summed E-state index contributed by atoms with van der Waals surface area (Å²) in [6, 6.07) is 0. The van der Waals surface area contributed by atoms with E-state index in [1.807, 2.05) is 0 Å². The van der Waals surface area contributed by atoms with Gasteiger partial charge < -0.3 is 9.47 Å². The topological polar surface area (TPSA) is 69.7 Å². The van der Waals surface area contributed by atoms with Crippen molar-refractivity contribution in [2.24, 2.45) is 0 Å². The minimum atomic E-state index is -1.30. The van der Waals surface area contributed by atoms with Gasteiger partial charge in [-0.1, -0.05) is 0 Å². The fraction of sp³-hybridized carbons (Fsp3) is 0.571. The number of carbonyl (C=O) groups excluding carboxylic acids is 3. The van der Waals surface area contributed by atoms with Gasteiger partial charge in [0.05, 0.1) is 12.8 Å². The molecule has 0 rings (SSSR count).